The van der Waals surface area contributed by atoms with Crippen LogP contribution in [0.5, 0.6) is 0 Å². The van der Waals surface area contributed by atoms with E-state index in [2.05, 4.69) is 40.9 Å². The van der Waals surface area contributed by atoms with Gasteiger partial charge in [0, 0.05) is 43.1 Å². The molecule has 0 aromatic carbocycles. The van der Waals surface area contributed by atoms with Gasteiger partial charge in [0.1, 0.15) is 42.2 Å². The van der Waals surface area contributed by atoms with Crippen molar-refractivity contribution in [2.75, 3.05) is 36.6 Å². The van der Waals surface area contributed by atoms with Gasteiger partial charge >= 0.3 is 12.0 Å². The zero-order valence-corrected chi connectivity index (χ0v) is 33.8. The molecular formula is C37H59N10O7S2+. The number of urea groups is 1. The maximum atomic E-state index is 12.2. The Balaban J connectivity index is 0.881. The maximum absolute atomic E-state index is 12.2. The van der Waals surface area contributed by atoms with Crippen LogP contribution in [0.2, 0.25) is 0 Å². The van der Waals surface area contributed by atoms with Gasteiger partial charge in [0.25, 0.3) is 0 Å². The summed E-state index contributed by atoms with van der Waals surface area (Å²) in [5.74, 6) is 1.50. The highest BCUT2D eigenvalue weighted by Gasteiger charge is 2.47. The van der Waals surface area contributed by atoms with E-state index >= 15 is 0 Å². The van der Waals surface area contributed by atoms with Crippen molar-refractivity contribution in [1.29, 1.82) is 0 Å². The number of hydrogen-bond acceptors (Lipinski definition) is 13. The van der Waals surface area contributed by atoms with Crippen molar-refractivity contribution in [3.8, 4) is 0 Å². The summed E-state index contributed by atoms with van der Waals surface area (Å²) >= 11 is 1.91. The van der Waals surface area contributed by atoms with Crippen molar-refractivity contribution in [2.24, 2.45) is 15.7 Å². The number of aliphatic hydroxyl groups is 2. The predicted octanol–water partition coefficient (Wildman–Crippen LogP) is 2.23. The number of unbranched alkanes of at least 4 members (excludes halogenated alkanes) is 7. The molecule has 5 heterocycles. The number of aliphatic carboxylic acids is 1. The summed E-state index contributed by atoms with van der Waals surface area (Å²) in [6, 6.07) is -0.506. The van der Waals surface area contributed by atoms with Gasteiger partial charge in [0.05, 0.1) is 24.7 Å². The first-order valence-electron chi connectivity index (χ1n) is 19.8. The van der Waals surface area contributed by atoms with Gasteiger partial charge in [-0.1, -0.05) is 12.8 Å². The fourth-order valence-electron chi connectivity index (χ4n) is 7.11. The van der Waals surface area contributed by atoms with Crippen LogP contribution in [0, 0.1) is 0 Å². The van der Waals surface area contributed by atoms with Crippen LogP contribution >= 0.6 is 11.8 Å². The number of ether oxygens (including phenoxy) is 1. The molecule has 310 valence electrons. The van der Waals surface area contributed by atoms with Crippen molar-refractivity contribution >= 4 is 70.0 Å². The first-order valence-corrected chi connectivity index (χ1v) is 22.9. The average Bonchev–Trinajstić information content (AvgIpc) is 3.94. The average molecular weight is 820 g/mol. The second-order valence-corrected chi connectivity index (χ2v) is 18.3. The SMILES string of the molecule is C[S+](CC[C@H](N)C(=O)O)C[C@H]1O[C@@H](n2cnc3c(/N=C\CCCCCC=NCCCCCNC(=O)CCCC[C@H]4SCC5NC(=O)NC54)ncnc32)[C@H](O)[C@@H]1O. The molecule has 0 radical (unpaired) electrons. The Kier molecular flexibility index (Phi) is 17.6. The number of fused-ring (bicyclic) bond motifs is 2. The molecule has 8 N–H and O–H groups in total. The minimum Gasteiger partial charge on any atom is -0.480 e. The number of carboxylic acid groups (broad SMARTS) is 1. The van der Waals surface area contributed by atoms with Crippen molar-refractivity contribution in [3.05, 3.63) is 12.7 Å². The molecule has 0 bridgehead atoms. The number of aliphatic hydroxyl groups excluding tert-OH is 2. The minimum absolute atomic E-state index is 0.0548. The van der Waals surface area contributed by atoms with E-state index in [1.54, 1.807) is 4.57 Å². The zero-order valence-electron chi connectivity index (χ0n) is 32.2. The van der Waals surface area contributed by atoms with E-state index in [0.717, 1.165) is 82.9 Å². The van der Waals surface area contributed by atoms with E-state index in [4.69, 9.17) is 15.6 Å². The standard InChI is InChI=1S/C37H58N10O7S2/c1-56(19-14-24(38)36(51)52)21-26-31(49)32(50)35(54-26)47-23-44-30-33(42-22-43-34(30)47)41-18-10-4-2-3-8-15-39-16-9-5-11-17-40-28(48)13-7-6-12-27-29-25(20-55-27)45-37(53)46-29/h15,18,22-27,29,31-32,35,49-50H,2-14,16-17,19-21,38H2,1H3,(H3-,40,45,46,48,51,52,53)/p+1/b39-15?,41-18-/t24-,25?,26+,27+,29?,31+,32+,35+,56?/m0/s1. The van der Waals surface area contributed by atoms with E-state index in [-0.39, 0.29) is 34.9 Å². The van der Waals surface area contributed by atoms with Gasteiger partial charge in [-0.2, -0.15) is 11.8 Å². The van der Waals surface area contributed by atoms with Crippen LogP contribution < -0.4 is 21.7 Å². The van der Waals surface area contributed by atoms with Gasteiger partial charge in [-0.15, -0.1) is 0 Å². The third kappa shape index (κ3) is 12.8. The van der Waals surface area contributed by atoms with Crippen LogP contribution in [-0.2, 0) is 25.2 Å². The van der Waals surface area contributed by atoms with Crippen LogP contribution in [0.15, 0.2) is 22.6 Å². The largest absolute Gasteiger partial charge is 0.480 e. The first kappa shape index (κ1) is 43.8. The third-order valence-corrected chi connectivity index (χ3v) is 13.7. The molecule has 9 atom stereocenters. The van der Waals surface area contributed by atoms with Gasteiger partial charge in [-0.05, 0) is 74.9 Å². The van der Waals surface area contributed by atoms with Gasteiger partial charge in [-0.3, -0.25) is 19.1 Å². The molecule has 19 heteroatoms. The molecule has 56 heavy (non-hydrogen) atoms. The number of thioether (sulfide) groups is 1. The second kappa shape index (κ2) is 22.5. The number of hydrogen-bond donors (Lipinski definition) is 7. The highest BCUT2D eigenvalue weighted by molar-refractivity contribution is 8.00. The van der Waals surface area contributed by atoms with Crippen LogP contribution in [-0.4, -0.2) is 143 Å². The molecular weight excluding hydrogens is 761 g/mol. The van der Waals surface area contributed by atoms with Crippen LogP contribution in [0.1, 0.15) is 89.7 Å². The molecule has 3 fully saturated rings. The quantitative estimate of drug-likeness (QED) is 0.0330. The summed E-state index contributed by atoms with van der Waals surface area (Å²) in [5, 5.41) is 40.1. The Morgan fingerprint density at radius 2 is 1.89 bits per heavy atom. The Bertz CT molecular complexity index is 1630. The Morgan fingerprint density at radius 3 is 2.71 bits per heavy atom. The Hall–Kier alpha value is -3.36. The molecule has 2 aromatic rings. The van der Waals surface area contributed by atoms with Gasteiger partial charge in [0.15, 0.2) is 23.2 Å². The number of aliphatic imine (C=N–C) groups is 2. The monoisotopic (exact) mass is 819 g/mol. The van der Waals surface area contributed by atoms with Gasteiger partial charge in [0.2, 0.25) is 5.91 Å². The van der Waals surface area contributed by atoms with Crippen molar-refractivity contribution < 1.29 is 34.4 Å². The van der Waals surface area contributed by atoms with Crippen molar-refractivity contribution in [1.82, 2.24) is 35.5 Å². The maximum Gasteiger partial charge on any atom is 0.320 e. The van der Waals surface area contributed by atoms with Crippen LogP contribution in [0.25, 0.3) is 11.2 Å². The number of nitrogens with zero attached hydrogens (tertiary/aromatic N) is 6. The number of carboxylic acids is 1. The third-order valence-electron chi connectivity index (χ3n) is 10.4. The van der Waals surface area contributed by atoms with Crippen molar-refractivity contribution in [2.45, 2.75) is 131 Å². The van der Waals surface area contributed by atoms with E-state index in [0.29, 0.717) is 53.1 Å². The molecule has 0 spiro atoms. The summed E-state index contributed by atoms with van der Waals surface area (Å²) in [6.45, 7) is 1.51. The number of carbonyl (C=O) groups is 3. The Labute approximate surface area is 335 Å². The fraction of sp³-hybridized carbons (Fsp3) is 0.730. The number of amides is 3. The number of aromatic nitrogens is 4. The van der Waals surface area contributed by atoms with Gasteiger partial charge in [-0.25, -0.2) is 24.7 Å². The number of nitrogens with one attached hydrogen (secondary N) is 3. The molecule has 3 unspecified atom stereocenters. The number of nitrogens with two attached hydrogens (primary N) is 1. The molecule has 0 saturated carbocycles. The first-order chi connectivity index (χ1) is 27.1. The summed E-state index contributed by atoms with van der Waals surface area (Å²) in [5.41, 5.74) is 6.54. The number of carbonyl (C=O) groups excluding carboxylic acids is 2. The topological polar surface area (TPSA) is 252 Å². The fourth-order valence-corrected chi connectivity index (χ4v) is 10.3. The van der Waals surface area contributed by atoms with E-state index in [1.165, 1.54) is 12.7 Å². The van der Waals surface area contributed by atoms with E-state index < -0.39 is 36.6 Å². The van der Waals surface area contributed by atoms with Crippen molar-refractivity contribution in [3.63, 3.8) is 0 Å². The lowest BCUT2D eigenvalue weighted by Gasteiger charge is -2.16. The summed E-state index contributed by atoms with van der Waals surface area (Å²) in [4.78, 5) is 56.9. The summed E-state index contributed by atoms with van der Waals surface area (Å²) < 4.78 is 7.67. The normalized spacial score (nSPS) is 25.9. The number of rotatable bonds is 25. The lowest BCUT2D eigenvalue weighted by molar-refractivity contribution is -0.138. The highest BCUT2D eigenvalue weighted by atomic mass is 32.2. The van der Waals surface area contributed by atoms with E-state index in [9.17, 15) is 24.6 Å². The number of imidazole rings is 1. The summed E-state index contributed by atoms with van der Waals surface area (Å²) in [6.07, 6.45) is 16.4. The minimum atomic E-state index is -1.20. The molecule has 2 aromatic heterocycles. The Morgan fingerprint density at radius 1 is 1.09 bits per heavy atom. The molecule has 3 amide bonds. The zero-order chi connectivity index (χ0) is 39.9. The second-order valence-electron chi connectivity index (χ2n) is 14.8. The smallest absolute Gasteiger partial charge is 0.320 e. The molecule has 3 aliphatic rings. The molecule has 17 nitrogen and oxygen atoms in total. The van der Waals surface area contributed by atoms with Crippen LogP contribution in [0.3, 0.4) is 0 Å². The van der Waals surface area contributed by atoms with Crippen LogP contribution in [0.4, 0.5) is 10.6 Å². The highest BCUT2D eigenvalue weighted by Crippen LogP contribution is 2.34. The molecule has 0 aliphatic carbocycles. The molecule has 5 rings (SSSR count). The van der Waals surface area contributed by atoms with E-state index in [1.807, 2.05) is 30.4 Å². The lowest BCUT2D eigenvalue weighted by atomic mass is 10.0. The molecule has 3 aliphatic heterocycles. The molecule has 3 saturated heterocycles. The predicted molar refractivity (Wildman–Crippen MR) is 220 cm³/mol. The van der Waals surface area contributed by atoms with Gasteiger partial charge < -0.3 is 41.7 Å². The summed E-state index contributed by atoms with van der Waals surface area (Å²) in [7, 11) is -0.272. The lowest BCUT2D eigenvalue weighted by Crippen LogP contribution is -2.37.